The molecule has 1 aliphatic heterocycles. The lowest BCUT2D eigenvalue weighted by Gasteiger charge is -2.15. The molecule has 2 N–H and O–H groups in total. The summed E-state index contributed by atoms with van der Waals surface area (Å²) in [7, 11) is 0. The van der Waals surface area contributed by atoms with E-state index in [0.29, 0.717) is 11.6 Å². The summed E-state index contributed by atoms with van der Waals surface area (Å²) in [4.78, 5) is 23.0. The van der Waals surface area contributed by atoms with Gasteiger partial charge < -0.3 is 15.2 Å². The minimum Gasteiger partial charge on any atom is -0.477 e. The van der Waals surface area contributed by atoms with Crippen LogP contribution in [0, 0.1) is 5.92 Å². The summed E-state index contributed by atoms with van der Waals surface area (Å²) >= 11 is 1.06. The van der Waals surface area contributed by atoms with E-state index >= 15 is 0 Å². The van der Waals surface area contributed by atoms with Crippen molar-refractivity contribution in [2.45, 2.75) is 25.9 Å². The van der Waals surface area contributed by atoms with Gasteiger partial charge in [-0.3, -0.25) is 4.79 Å². The molecule has 1 fully saturated rings. The summed E-state index contributed by atoms with van der Waals surface area (Å²) in [5.74, 6) is -1.19. The molecule has 5 nitrogen and oxygen atoms in total. The van der Waals surface area contributed by atoms with Crippen molar-refractivity contribution in [1.29, 1.82) is 0 Å². The summed E-state index contributed by atoms with van der Waals surface area (Å²) in [5, 5.41) is 12.1. The maximum Gasteiger partial charge on any atom is 0.345 e. The fourth-order valence-corrected chi connectivity index (χ4v) is 2.83. The van der Waals surface area contributed by atoms with Gasteiger partial charge in [-0.2, -0.15) is 0 Å². The summed E-state index contributed by atoms with van der Waals surface area (Å²) in [6.07, 6.45) is 1.51. The Morgan fingerprint density at radius 2 is 2.33 bits per heavy atom. The monoisotopic (exact) mass is 269 g/mol. The van der Waals surface area contributed by atoms with E-state index in [0.717, 1.165) is 24.2 Å². The second-order valence-corrected chi connectivity index (χ2v) is 5.25. The molecule has 1 aromatic heterocycles. The number of carbonyl (C=O) groups is 2. The number of ether oxygens (including phenoxy) is 1. The molecule has 0 radical (unpaired) electrons. The fraction of sp³-hybridized carbons (Fsp3) is 0.500. The zero-order valence-corrected chi connectivity index (χ0v) is 10.8. The van der Waals surface area contributed by atoms with Gasteiger partial charge in [-0.05, 0) is 25.0 Å². The van der Waals surface area contributed by atoms with Gasteiger partial charge in [0.15, 0.2) is 0 Å². The lowest BCUT2D eigenvalue weighted by Crippen LogP contribution is -2.28. The Bertz CT molecular complexity index is 457. The van der Waals surface area contributed by atoms with Crippen molar-refractivity contribution in [2.24, 2.45) is 5.92 Å². The Hall–Kier alpha value is -1.40. The predicted molar refractivity (Wildman–Crippen MR) is 68.0 cm³/mol. The molecule has 1 saturated heterocycles. The standard InChI is InChI=1S/C12H15NO4S/c1-2-8-7(5-6-17-8)11(14)13-10-4-3-9(18-10)12(15)16/h3-4,7-8H,2,5-6H2,1H3,(H,13,14)(H,15,16). The van der Waals surface area contributed by atoms with E-state index < -0.39 is 5.97 Å². The van der Waals surface area contributed by atoms with Crippen LogP contribution < -0.4 is 5.32 Å². The number of carbonyl (C=O) groups excluding carboxylic acids is 1. The molecule has 1 aliphatic rings. The zero-order chi connectivity index (χ0) is 13.1. The highest BCUT2D eigenvalue weighted by atomic mass is 32.1. The van der Waals surface area contributed by atoms with E-state index in [1.54, 1.807) is 6.07 Å². The maximum atomic E-state index is 12.0. The van der Waals surface area contributed by atoms with Crippen LogP contribution in [0.5, 0.6) is 0 Å². The first kappa shape index (κ1) is 13.0. The minimum absolute atomic E-state index is 0.0242. The molecule has 0 aliphatic carbocycles. The Labute approximate surface area is 109 Å². The Morgan fingerprint density at radius 3 is 2.94 bits per heavy atom. The molecule has 0 bridgehead atoms. The van der Waals surface area contributed by atoms with Crippen molar-refractivity contribution in [3.05, 3.63) is 17.0 Å². The molecule has 2 atom stereocenters. The first-order valence-electron chi connectivity index (χ1n) is 5.87. The number of hydrogen-bond donors (Lipinski definition) is 2. The lowest BCUT2D eigenvalue weighted by atomic mass is 9.99. The lowest BCUT2D eigenvalue weighted by molar-refractivity contribution is -0.121. The number of hydrogen-bond acceptors (Lipinski definition) is 4. The highest BCUT2D eigenvalue weighted by Crippen LogP contribution is 2.27. The van der Waals surface area contributed by atoms with Crippen LogP contribution in [0.15, 0.2) is 12.1 Å². The second kappa shape index (κ2) is 5.49. The van der Waals surface area contributed by atoms with Crippen LogP contribution in [0.3, 0.4) is 0 Å². The number of nitrogens with one attached hydrogen (secondary N) is 1. The topological polar surface area (TPSA) is 75.6 Å². The summed E-state index contributed by atoms with van der Waals surface area (Å²) < 4.78 is 5.47. The number of carboxylic acid groups (broad SMARTS) is 1. The third-order valence-electron chi connectivity index (χ3n) is 3.01. The van der Waals surface area contributed by atoms with Crippen molar-refractivity contribution in [2.75, 3.05) is 11.9 Å². The highest BCUT2D eigenvalue weighted by molar-refractivity contribution is 7.18. The van der Waals surface area contributed by atoms with E-state index in [2.05, 4.69) is 5.32 Å². The van der Waals surface area contributed by atoms with Crippen molar-refractivity contribution < 1.29 is 19.4 Å². The van der Waals surface area contributed by atoms with Crippen LogP contribution in [0.1, 0.15) is 29.4 Å². The molecule has 2 rings (SSSR count). The number of anilines is 1. The average Bonchev–Trinajstić information content (AvgIpc) is 2.96. The Balaban J connectivity index is 2.00. The molecule has 2 unspecified atom stereocenters. The SMILES string of the molecule is CCC1OCCC1C(=O)Nc1ccc(C(=O)O)s1. The average molecular weight is 269 g/mol. The van der Waals surface area contributed by atoms with Crippen molar-refractivity contribution in [3.8, 4) is 0 Å². The van der Waals surface area contributed by atoms with Gasteiger partial charge in [0, 0.05) is 6.61 Å². The number of amides is 1. The summed E-state index contributed by atoms with van der Waals surface area (Å²) in [5.41, 5.74) is 0. The largest absolute Gasteiger partial charge is 0.477 e. The minimum atomic E-state index is -0.976. The van der Waals surface area contributed by atoms with Gasteiger partial charge in [0.1, 0.15) is 4.88 Å². The molecule has 1 aromatic rings. The van der Waals surface area contributed by atoms with E-state index in [1.807, 2.05) is 6.92 Å². The zero-order valence-electron chi connectivity index (χ0n) is 10.0. The summed E-state index contributed by atoms with van der Waals surface area (Å²) in [6, 6.07) is 3.11. The van der Waals surface area contributed by atoms with Gasteiger partial charge in [-0.1, -0.05) is 6.92 Å². The molecule has 6 heteroatoms. The van der Waals surface area contributed by atoms with Crippen molar-refractivity contribution in [3.63, 3.8) is 0 Å². The van der Waals surface area contributed by atoms with Crippen LogP contribution in [-0.4, -0.2) is 29.7 Å². The third-order valence-corrected chi connectivity index (χ3v) is 4.00. The first-order valence-corrected chi connectivity index (χ1v) is 6.69. The molecule has 0 saturated carbocycles. The van der Waals surface area contributed by atoms with E-state index in [4.69, 9.17) is 9.84 Å². The number of thiophene rings is 1. The molecule has 0 aromatic carbocycles. The molecule has 1 amide bonds. The third kappa shape index (κ3) is 2.70. The van der Waals surface area contributed by atoms with E-state index in [9.17, 15) is 9.59 Å². The van der Waals surface area contributed by atoms with Gasteiger partial charge in [0.25, 0.3) is 0 Å². The summed E-state index contributed by atoms with van der Waals surface area (Å²) in [6.45, 7) is 2.60. The molecule has 18 heavy (non-hydrogen) atoms. The maximum absolute atomic E-state index is 12.0. The van der Waals surface area contributed by atoms with Crippen LogP contribution in [0.2, 0.25) is 0 Å². The van der Waals surface area contributed by atoms with E-state index in [-0.39, 0.29) is 22.8 Å². The quantitative estimate of drug-likeness (QED) is 0.878. The normalized spacial score (nSPS) is 22.9. The Morgan fingerprint density at radius 1 is 1.56 bits per heavy atom. The second-order valence-electron chi connectivity index (χ2n) is 4.17. The van der Waals surface area contributed by atoms with Gasteiger partial charge in [-0.25, -0.2) is 4.79 Å². The van der Waals surface area contributed by atoms with Crippen LogP contribution in [0.25, 0.3) is 0 Å². The molecule has 98 valence electrons. The number of aromatic carboxylic acids is 1. The number of carboxylic acids is 1. The molecule has 0 spiro atoms. The van der Waals surface area contributed by atoms with E-state index in [1.165, 1.54) is 6.07 Å². The molecular weight excluding hydrogens is 254 g/mol. The van der Waals surface area contributed by atoms with Gasteiger partial charge in [-0.15, -0.1) is 11.3 Å². The van der Waals surface area contributed by atoms with Crippen LogP contribution in [-0.2, 0) is 9.53 Å². The van der Waals surface area contributed by atoms with Gasteiger partial charge >= 0.3 is 5.97 Å². The van der Waals surface area contributed by atoms with Crippen LogP contribution in [0.4, 0.5) is 5.00 Å². The molecular formula is C12H15NO4S. The molecule has 2 heterocycles. The highest BCUT2D eigenvalue weighted by Gasteiger charge is 2.32. The van der Waals surface area contributed by atoms with Gasteiger partial charge in [0.2, 0.25) is 5.91 Å². The fourth-order valence-electron chi connectivity index (χ4n) is 2.08. The first-order chi connectivity index (χ1) is 8.61. The van der Waals surface area contributed by atoms with Crippen molar-refractivity contribution >= 4 is 28.2 Å². The van der Waals surface area contributed by atoms with Crippen molar-refractivity contribution in [1.82, 2.24) is 0 Å². The van der Waals surface area contributed by atoms with Crippen LogP contribution >= 0.6 is 11.3 Å². The predicted octanol–water partition coefficient (Wildman–Crippen LogP) is 2.20. The smallest absolute Gasteiger partial charge is 0.345 e. The number of rotatable bonds is 4. The van der Waals surface area contributed by atoms with Gasteiger partial charge in [0.05, 0.1) is 17.0 Å². The Kier molecular flexibility index (Phi) is 3.98.